The summed E-state index contributed by atoms with van der Waals surface area (Å²) in [5.41, 5.74) is 7.52. The minimum atomic E-state index is -0.305. The fraction of sp³-hybridized carbons (Fsp3) is 0.357. The highest BCUT2D eigenvalue weighted by molar-refractivity contribution is 7.11. The average molecular weight is 280 g/mol. The summed E-state index contributed by atoms with van der Waals surface area (Å²) in [4.78, 5) is 5.59. The zero-order chi connectivity index (χ0) is 14.0. The lowest BCUT2D eigenvalue weighted by Crippen LogP contribution is -2.08. The number of benzene rings is 1. The molecule has 0 aliphatic heterocycles. The molecule has 102 valence electrons. The molecule has 0 aliphatic rings. The third kappa shape index (κ3) is 3.30. The van der Waals surface area contributed by atoms with Crippen LogP contribution in [0.2, 0.25) is 0 Å². The Morgan fingerprint density at radius 3 is 2.74 bits per heavy atom. The maximum absolute atomic E-state index is 13.2. The van der Waals surface area contributed by atoms with E-state index in [1.54, 1.807) is 24.3 Å². The molecule has 0 fully saturated rings. The molecule has 0 radical (unpaired) electrons. The van der Waals surface area contributed by atoms with Crippen molar-refractivity contribution in [3.63, 3.8) is 0 Å². The minimum Gasteiger partial charge on any atom is -0.486 e. The molecule has 1 atom stereocenters. The molecular formula is C14H17FN2OS. The van der Waals surface area contributed by atoms with Gasteiger partial charge in [0, 0.05) is 16.5 Å². The minimum absolute atomic E-state index is 0.273. The van der Waals surface area contributed by atoms with Gasteiger partial charge in [-0.15, -0.1) is 11.3 Å². The summed E-state index contributed by atoms with van der Waals surface area (Å²) < 4.78 is 18.9. The van der Waals surface area contributed by atoms with Crippen LogP contribution in [0, 0.1) is 19.7 Å². The smallest absolute Gasteiger partial charge is 0.140 e. The number of ether oxygens (including phenoxy) is 1. The van der Waals surface area contributed by atoms with E-state index in [4.69, 9.17) is 10.5 Å². The second kappa shape index (κ2) is 5.67. The zero-order valence-electron chi connectivity index (χ0n) is 11.2. The summed E-state index contributed by atoms with van der Waals surface area (Å²) in [6.07, 6.45) is 0. The van der Waals surface area contributed by atoms with Gasteiger partial charge in [-0.05, 0) is 39.0 Å². The van der Waals surface area contributed by atoms with Gasteiger partial charge in [0.15, 0.2) is 0 Å². The number of hydrogen-bond donors (Lipinski definition) is 1. The maximum Gasteiger partial charge on any atom is 0.140 e. The van der Waals surface area contributed by atoms with Crippen LogP contribution in [0.1, 0.15) is 34.1 Å². The fourth-order valence-electron chi connectivity index (χ4n) is 1.75. The van der Waals surface area contributed by atoms with Crippen LogP contribution < -0.4 is 10.5 Å². The Morgan fingerprint density at radius 1 is 1.42 bits per heavy atom. The fourth-order valence-corrected chi connectivity index (χ4v) is 2.59. The Kier molecular flexibility index (Phi) is 4.17. The first-order valence-electron chi connectivity index (χ1n) is 6.08. The Hall–Kier alpha value is -1.46. The number of aromatic nitrogens is 1. The summed E-state index contributed by atoms with van der Waals surface area (Å²) in [7, 11) is 0. The van der Waals surface area contributed by atoms with Gasteiger partial charge in [-0.25, -0.2) is 9.37 Å². The van der Waals surface area contributed by atoms with E-state index in [-0.39, 0.29) is 11.9 Å². The highest BCUT2D eigenvalue weighted by Crippen LogP contribution is 2.26. The number of rotatable bonds is 4. The largest absolute Gasteiger partial charge is 0.486 e. The van der Waals surface area contributed by atoms with Crippen molar-refractivity contribution in [2.45, 2.75) is 33.4 Å². The number of aryl methyl sites for hydroxylation is 2. The lowest BCUT2D eigenvalue weighted by Gasteiger charge is -2.13. The first-order chi connectivity index (χ1) is 8.97. The molecule has 3 nitrogen and oxygen atoms in total. The molecule has 0 unspecified atom stereocenters. The van der Waals surface area contributed by atoms with Crippen LogP contribution in [0.5, 0.6) is 5.75 Å². The lowest BCUT2D eigenvalue weighted by atomic mass is 10.1. The van der Waals surface area contributed by atoms with Crippen molar-refractivity contribution in [2.75, 3.05) is 0 Å². The second-order valence-corrected chi connectivity index (χ2v) is 5.80. The summed E-state index contributed by atoms with van der Waals surface area (Å²) >= 11 is 1.61. The molecule has 1 aromatic heterocycles. The monoisotopic (exact) mass is 280 g/mol. The van der Waals surface area contributed by atoms with Gasteiger partial charge in [-0.2, -0.15) is 0 Å². The molecule has 0 spiro atoms. The van der Waals surface area contributed by atoms with Gasteiger partial charge < -0.3 is 10.5 Å². The normalized spacial score (nSPS) is 12.5. The maximum atomic E-state index is 13.2. The molecule has 1 heterocycles. The van der Waals surface area contributed by atoms with Gasteiger partial charge >= 0.3 is 0 Å². The summed E-state index contributed by atoms with van der Waals surface area (Å²) in [5, 5.41) is 0.912. The van der Waals surface area contributed by atoms with Gasteiger partial charge in [0.2, 0.25) is 0 Å². The highest BCUT2D eigenvalue weighted by Gasteiger charge is 2.11. The van der Waals surface area contributed by atoms with E-state index in [1.807, 2.05) is 13.8 Å². The van der Waals surface area contributed by atoms with Gasteiger partial charge in [0.05, 0.1) is 5.69 Å². The Morgan fingerprint density at radius 2 is 2.16 bits per heavy atom. The van der Waals surface area contributed by atoms with Crippen LogP contribution in [-0.4, -0.2) is 4.98 Å². The topological polar surface area (TPSA) is 48.1 Å². The molecule has 0 saturated heterocycles. The van der Waals surface area contributed by atoms with E-state index in [2.05, 4.69) is 4.98 Å². The quantitative estimate of drug-likeness (QED) is 0.932. The van der Waals surface area contributed by atoms with Crippen molar-refractivity contribution in [2.24, 2.45) is 5.73 Å². The number of halogens is 1. The molecule has 19 heavy (non-hydrogen) atoms. The number of nitrogens with zero attached hydrogens (tertiary/aromatic N) is 1. The molecule has 2 N–H and O–H groups in total. The van der Waals surface area contributed by atoms with Crippen molar-refractivity contribution in [3.8, 4) is 5.75 Å². The molecule has 0 saturated carbocycles. The van der Waals surface area contributed by atoms with Crippen LogP contribution in [0.3, 0.4) is 0 Å². The van der Waals surface area contributed by atoms with E-state index in [0.717, 1.165) is 10.7 Å². The first kappa shape index (κ1) is 14.0. The van der Waals surface area contributed by atoms with Crippen molar-refractivity contribution in [1.29, 1.82) is 0 Å². The molecule has 0 bridgehead atoms. The van der Waals surface area contributed by atoms with Crippen LogP contribution in [0.25, 0.3) is 0 Å². The van der Waals surface area contributed by atoms with Crippen molar-refractivity contribution >= 4 is 11.3 Å². The average Bonchev–Trinajstić information content (AvgIpc) is 2.67. The van der Waals surface area contributed by atoms with Crippen molar-refractivity contribution in [1.82, 2.24) is 4.98 Å². The van der Waals surface area contributed by atoms with Crippen LogP contribution in [0.15, 0.2) is 18.2 Å². The van der Waals surface area contributed by atoms with Crippen LogP contribution in [0.4, 0.5) is 4.39 Å². The molecule has 0 amide bonds. The van der Waals surface area contributed by atoms with E-state index in [1.165, 1.54) is 17.0 Å². The van der Waals surface area contributed by atoms with Crippen LogP contribution in [-0.2, 0) is 6.61 Å². The lowest BCUT2D eigenvalue weighted by molar-refractivity contribution is 0.300. The second-order valence-electron chi connectivity index (χ2n) is 4.51. The Balaban J connectivity index is 2.15. The van der Waals surface area contributed by atoms with Gasteiger partial charge in [-0.3, -0.25) is 0 Å². The summed E-state index contributed by atoms with van der Waals surface area (Å²) in [6.45, 7) is 6.19. The molecule has 2 aromatic rings. The third-order valence-electron chi connectivity index (χ3n) is 2.89. The van der Waals surface area contributed by atoms with E-state index in [9.17, 15) is 4.39 Å². The molecule has 2 rings (SSSR count). The Labute approximate surface area is 116 Å². The van der Waals surface area contributed by atoms with E-state index in [0.29, 0.717) is 17.9 Å². The van der Waals surface area contributed by atoms with Crippen LogP contribution >= 0.6 is 11.3 Å². The van der Waals surface area contributed by atoms with E-state index >= 15 is 0 Å². The number of hydrogen-bond acceptors (Lipinski definition) is 4. The van der Waals surface area contributed by atoms with Crippen molar-refractivity contribution in [3.05, 3.63) is 45.2 Å². The van der Waals surface area contributed by atoms with Gasteiger partial charge in [0.1, 0.15) is 23.2 Å². The number of thiazole rings is 1. The predicted molar refractivity (Wildman–Crippen MR) is 74.9 cm³/mol. The standard InChI is InChI=1S/C14H17FN2OS/c1-8(16)12-6-11(15)4-5-13(12)18-7-14-17-9(2)10(3)19-14/h4-6,8H,7,16H2,1-3H3/t8-/m1/s1. The Bertz CT molecular complexity index is 561. The SMILES string of the molecule is Cc1nc(COc2ccc(F)cc2[C@@H](C)N)sc1C. The van der Waals surface area contributed by atoms with Crippen molar-refractivity contribution < 1.29 is 9.13 Å². The molecule has 1 aromatic carbocycles. The number of nitrogens with two attached hydrogens (primary N) is 1. The third-order valence-corrected chi connectivity index (χ3v) is 3.93. The highest BCUT2D eigenvalue weighted by atomic mass is 32.1. The predicted octanol–water partition coefficient (Wildman–Crippen LogP) is 3.50. The first-order valence-corrected chi connectivity index (χ1v) is 6.89. The summed E-state index contributed by atoms with van der Waals surface area (Å²) in [5.74, 6) is 0.308. The molecular weight excluding hydrogens is 263 g/mol. The molecule has 0 aliphatic carbocycles. The summed E-state index contributed by atoms with van der Waals surface area (Å²) in [6, 6.07) is 4.13. The van der Waals surface area contributed by atoms with Gasteiger partial charge in [-0.1, -0.05) is 0 Å². The van der Waals surface area contributed by atoms with Gasteiger partial charge in [0.25, 0.3) is 0 Å². The zero-order valence-corrected chi connectivity index (χ0v) is 12.1. The van der Waals surface area contributed by atoms with E-state index < -0.39 is 0 Å². The molecule has 5 heteroatoms.